The number of nitrogens with one attached hydrogen (secondary N) is 1. The maximum atomic E-state index is 5.50. The Kier molecular flexibility index (Phi) is 4.98. The lowest BCUT2D eigenvalue weighted by Crippen LogP contribution is -2.38. The summed E-state index contributed by atoms with van der Waals surface area (Å²) in [6.45, 7) is 6.58. The van der Waals surface area contributed by atoms with Gasteiger partial charge in [0.15, 0.2) is 0 Å². The first kappa shape index (κ1) is 13.0. The largest absolute Gasteiger partial charge is 0.355 e. The molecule has 1 aliphatic heterocycles. The van der Waals surface area contributed by atoms with E-state index in [2.05, 4.69) is 31.3 Å². The minimum Gasteiger partial charge on any atom is -0.355 e. The third-order valence-corrected chi connectivity index (χ3v) is 3.99. The van der Waals surface area contributed by atoms with Crippen molar-refractivity contribution in [2.75, 3.05) is 19.9 Å². The first-order chi connectivity index (χ1) is 8.24. The van der Waals surface area contributed by atoms with E-state index in [1.807, 2.05) is 11.3 Å². The zero-order valence-electron chi connectivity index (χ0n) is 10.6. The van der Waals surface area contributed by atoms with Gasteiger partial charge in [0.25, 0.3) is 0 Å². The second kappa shape index (κ2) is 6.50. The number of thiophene rings is 1. The highest BCUT2D eigenvalue weighted by Gasteiger charge is 2.15. The highest BCUT2D eigenvalue weighted by molar-refractivity contribution is 7.11. The lowest BCUT2D eigenvalue weighted by atomic mass is 10.2. The Hall–Kier alpha value is -0.420. The minimum atomic E-state index is 0.316. The Morgan fingerprint density at radius 2 is 2.41 bits per heavy atom. The molecule has 96 valence electrons. The summed E-state index contributed by atoms with van der Waals surface area (Å²) in [6.07, 6.45) is 2.41. The SMILES string of the molecule is Cc1ccc(CC(C)NCC2CCOCO2)s1. The van der Waals surface area contributed by atoms with Gasteiger partial charge in [-0.2, -0.15) is 0 Å². The molecule has 0 radical (unpaired) electrons. The van der Waals surface area contributed by atoms with Gasteiger partial charge in [0, 0.05) is 22.3 Å². The molecule has 0 bridgehead atoms. The van der Waals surface area contributed by atoms with Crippen molar-refractivity contribution in [1.82, 2.24) is 5.32 Å². The Labute approximate surface area is 107 Å². The lowest BCUT2D eigenvalue weighted by molar-refractivity contribution is -0.137. The van der Waals surface area contributed by atoms with Gasteiger partial charge in [-0.1, -0.05) is 0 Å². The molecule has 1 aliphatic rings. The Morgan fingerprint density at radius 3 is 3.06 bits per heavy atom. The number of ether oxygens (including phenoxy) is 2. The molecule has 1 aromatic heterocycles. The molecule has 0 aliphatic carbocycles. The highest BCUT2D eigenvalue weighted by Crippen LogP contribution is 2.16. The molecule has 0 aromatic carbocycles. The van der Waals surface area contributed by atoms with E-state index in [0.717, 1.165) is 26.0 Å². The fourth-order valence-electron chi connectivity index (χ4n) is 1.96. The molecule has 1 saturated heterocycles. The van der Waals surface area contributed by atoms with Crippen molar-refractivity contribution < 1.29 is 9.47 Å². The number of rotatable bonds is 5. The Balaban J connectivity index is 1.68. The van der Waals surface area contributed by atoms with Gasteiger partial charge < -0.3 is 14.8 Å². The topological polar surface area (TPSA) is 30.5 Å². The molecule has 2 unspecified atom stereocenters. The van der Waals surface area contributed by atoms with Crippen molar-refractivity contribution in [2.45, 2.75) is 38.8 Å². The van der Waals surface area contributed by atoms with Crippen LogP contribution in [-0.2, 0) is 15.9 Å². The molecular weight excluding hydrogens is 234 g/mol. The Morgan fingerprint density at radius 1 is 1.53 bits per heavy atom. The van der Waals surface area contributed by atoms with Crippen LogP contribution >= 0.6 is 11.3 Å². The molecule has 2 heterocycles. The van der Waals surface area contributed by atoms with Gasteiger partial charge in [-0.3, -0.25) is 0 Å². The first-order valence-corrected chi connectivity index (χ1v) is 7.04. The van der Waals surface area contributed by atoms with Crippen molar-refractivity contribution in [3.8, 4) is 0 Å². The summed E-state index contributed by atoms with van der Waals surface area (Å²) in [7, 11) is 0. The number of hydrogen-bond donors (Lipinski definition) is 1. The van der Waals surface area contributed by atoms with Crippen molar-refractivity contribution >= 4 is 11.3 Å². The van der Waals surface area contributed by atoms with Crippen LogP contribution in [0.2, 0.25) is 0 Å². The average Bonchev–Trinajstić information content (AvgIpc) is 2.73. The molecule has 4 heteroatoms. The Bertz CT molecular complexity index is 334. The van der Waals surface area contributed by atoms with Crippen molar-refractivity contribution in [3.05, 3.63) is 21.9 Å². The zero-order valence-corrected chi connectivity index (χ0v) is 11.4. The molecule has 17 heavy (non-hydrogen) atoms. The van der Waals surface area contributed by atoms with Gasteiger partial charge in [-0.25, -0.2) is 0 Å². The van der Waals surface area contributed by atoms with Crippen molar-refractivity contribution in [2.24, 2.45) is 0 Å². The highest BCUT2D eigenvalue weighted by atomic mass is 32.1. The van der Waals surface area contributed by atoms with Gasteiger partial charge in [-0.15, -0.1) is 11.3 Å². The summed E-state index contributed by atoms with van der Waals surface area (Å²) in [5.74, 6) is 0. The van der Waals surface area contributed by atoms with E-state index in [4.69, 9.17) is 9.47 Å². The summed E-state index contributed by atoms with van der Waals surface area (Å²) in [5, 5.41) is 3.54. The van der Waals surface area contributed by atoms with Gasteiger partial charge in [0.1, 0.15) is 6.79 Å². The maximum Gasteiger partial charge on any atom is 0.147 e. The summed E-state index contributed by atoms with van der Waals surface area (Å²) in [6, 6.07) is 4.91. The molecule has 0 spiro atoms. The summed E-state index contributed by atoms with van der Waals surface area (Å²) in [5.41, 5.74) is 0. The predicted octanol–water partition coefficient (Wildman–Crippen LogP) is 2.34. The molecule has 0 amide bonds. The summed E-state index contributed by atoms with van der Waals surface area (Å²) < 4.78 is 10.7. The molecule has 1 N–H and O–H groups in total. The van der Waals surface area contributed by atoms with E-state index in [-0.39, 0.29) is 0 Å². The molecule has 1 fully saturated rings. The predicted molar refractivity (Wildman–Crippen MR) is 70.5 cm³/mol. The minimum absolute atomic E-state index is 0.316. The molecule has 1 aromatic rings. The van der Waals surface area contributed by atoms with Crippen LogP contribution in [0.5, 0.6) is 0 Å². The van der Waals surface area contributed by atoms with Crippen molar-refractivity contribution in [3.63, 3.8) is 0 Å². The summed E-state index contributed by atoms with van der Waals surface area (Å²) in [4.78, 5) is 2.84. The second-order valence-electron chi connectivity index (χ2n) is 4.63. The molecule has 2 atom stereocenters. The van der Waals surface area contributed by atoms with Crippen LogP contribution in [0.15, 0.2) is 12.1 Å². The van der Waals surface area contributed by atoms with E-state index >= 15 is 0 Å². The fourth-order valence-corrected chi connectivity index (χ4v) is 2.98. The standard InChI is InChI=1S/C13H21NO2S/c1-10(7-13-4-3-11(2)17-13)14-8-12-5-6-15-9-16-12/h3-4,10,12,14H,5-9H2,1-2H3. The average molecular weight is 255 g/mol. The van der Waals surface area contributed by atoms with Gasteiger partial charge in [0.05, 0.1) is 12.7 Å². The van der Waals surface area contributed by atoms with E-state index in [9.17, 15) is 0 Å². The smallest absolute Gasteiger partial charge is 0.147 e. The van der Waals surface area contributed by atoms with Gasteiger partial charge >= 0.3 is 0 Å². The van der Waals surface area contributed by atoms with E-state index in [1.165, 1.54) is 9.75 Å². The van der Waals surface area contributed by atoms with Crippen LogP contribution in [0, 0.1) is 6.92 Å². The van der Waals surface area contributed by atoms with E-state index in [1.54, 1.807) is 0 Å². The van der Waals surface area contributed by atoms with Crippen LogP contribution < -0.4 is 5.32 Å². The lowest BCUT2D eigenvalue weighted by Gasteiger charge is -2.24. The fraction of sp³-hybridized carbons (Fsp3) is 0.692. The third-order valence-electron chi connectivity index (χ3n) is 2.97. The van der Waals surface area contributed by atoms with E-state index in [0.29, 0.717) is 18.9 Å². The number of hydrogen-bond acceptors (Lipinski definition) is 4. The van der Waals surface area contributed by atoms with Crippen LogP contribution in [0.4, 0.5) is 0 Å². The monoisotopic (exact) mass is 255 g/mol. The molecule has 2 rings (SSSR count). The molecule has 3 nitrogen and oxygen atoms in total. The van der Waals surface area contributed by atoms with Crippen LogP contribution in [0.3, 0.4) is 0 Å². The quantitative estimate of drug-likeness (QED) is 0.876. The second-order valence-corrected chi connectivity index (χ2v) is 6.00. The van der Waals surface area contributed by atoms with Gasteiger partial charge in [-0.05, 0) is 38.8 Å². The molecule has 0 saturated carbocycles. The summed E-state index contributed by atoms with van der Waals surface area (Å²) >= 11 is 1.89. The normalized spacial score (nSPS) is 22.6. The van der Waals surface area contributed by atoms with E-state index < -0.39 is 0 Å². The first-order valence-electron chi connectivity index (χ1n) is 6.22. The maximum absolute atomic E-state index is 5.50. The zero-order chi connectivity index (χ0) is 12.1. The number of aryl methyl sites for hydroxylation is 1. The third kappa shape index (κ3) is 4.39. The van der Waals surface area contributed by atoms with Crippen LogP contribution in [0.25, 0.3) is 0 Å². The van der Waals surface area contributed by atoms with Gasteiger partial charge in [0.2, 0.25) is 0 Å². The van der Waals surface area contributed by atoms with Crippen LogP contribution in [0.1, 0.15) is 23.1 Å². The molecular formula is C13H21NO2S. The van der Waals surface area contributed by atoms with Crippen molar-refractivity contribution in [1.29, 1.82) is 0 Å². The van der Waals surface area contributed by atoms with Crippen LogP contribution in [-0.4, -0.2) is 32.1 Å².